The Morgan fingerprint density at radius 2 is 2.00 bits per heavy atom. The van der Waals surface area contributed by atoms with Crippen LogP contribution in [0, 0.1) is 0 Å². The number of ether oxygens (including phenoxy) is 1. The van der Waals surface area contributed by atoms with Gasteiger partial charge in [0.25, 0.3) is 5.91 Å². The van der Waals surface area contributed by atoms with Gasteiger partial charge in [-0.05, 0) is 0 Å². The molecule has 0 aromatic carbocycles. The summed E-state index contributed by atoms with van der Waals surface area (Å²) in [6.45, 7) is 0.682. The number of likely N-dealkylation sites (N-methyl/N-ethyl adjacent to an activating group) is 1. The van der Waals surface area contributed by atoms with Crippen LogP contribution in [0.25, 0.3) is 0 Å². The summed E-state index contributed by atoms with van der Waals surface area (Å²) in [7, 11) is 2.98. The van der Waals surface area contributed by atoms with Gasteiger partial charge in [-0.25, -0.2) is 9.59 Å². The van der Waals surface area contributed by atoms with Crippen molar-refractivity contribution in [3.63, 3.8) is 0 Å². The van der Waals surface area contributed by atoms with E-state index in [-0.39, 0.29) is 0 Å². The first-order valence-corrected chi connectivity index (χ1v) is 4.43. The smallest absolute Gasteiger partial charge is 0.328 e. The molecular weight excluding hydrogens is 216 g/mol. The average Bonchev–Trinajstić information content (AvgIpc) is 2.22. The zero-order chi connectivity index (χ0) is 12.6. The van der Waals surface area contributed by atoms with E-state index in [1.165, 1.54) is 19.1 Å². The third kappa shape index (κ3) is 6.55. The normalized spacial score (nSPS) is 10.1. The summed E-state index contributed by atoms with van der Waals surface area (Å²) in [5, 5.41) is 10.2. The number of nitrogens with zero attached hydrogens (tertiary/aromatic N) is 1. The quantitative estimate of drug-likeness (QED) is 0.617. The number of rotatable bonds is 5. The molecule has 0 saturated heterocycles. The molecule has 0 rings (SSSR count). The van der Waals surface area contributed by atoms with Gasteiger partial charge in [-0.1, -0.05) is 0 Å². The Balaban J connectivity index is 4.03. The van der Waals surface area contributed by atoms with Gasteiger partial charge in [0.15, 0.2) is 0 Å². The van der Waals surface area contributed by atoms with E-state index in [0.29, 0.717) is 19.2 Å². The lowest BCUT2D eigenvalue weighted by Gasteiger charge is -2.15. The van der Waals surface area contributed by atoms with Gasteiger partial charge in [0, 0.05) is 32.9 Å². The molecule has 0 unspecified atom stereocenters. The number of carboxylic acid groups (broad SMARTS) is 1. The van der Waals surface area contributed by atoms with Gasteiger partial charge in [0.1, 0.15) is 0 Å². The van der Waals surface area contributed by atoms with E-state index in [9.17, 15) is 14.4 Å². The second kappa shape index (κ2) is 7.41. The monoisotopic (exact) mass is 230 g/mol. The van der Waals surface area contributed by atoms with Crippen molar-refractivity contribution >= 4 is 17.9 Å². The first-order valence-electron chi connectivity index (χ1n) is 4.43. The number of aliphatic carboxylic acids is 1. The third-order valence-corrected chi connectivity index (χ3v) is 1.58. The maximum absolute atomic E-state index is 11.3. The largest absolute Gasteiger partial charge is 0.478 e. The molecule has 7 nitrogen and oxygen atoms in total. The summed E-state index contributed by atoms with van der Waals surface area (Å²) in [5.41, 5.74) is 0. The minimum atomic E-state index is -1.25. The molecule has 0 aliphatic rings. The lowest BCUT2D eigenvalue weighted by atomic mass is 10.4. The van der Waals surface area contributed by atoms with Crippen LogP contribution in [0.3, 0.4) is 0 Å². The molecule has 0 radical (unpaired) electrons. The Morgan fingerprint density at radius 1 is 1.38 bits per heavy atom. The van der Waals surface area contributed by atoms with Crippen LogP contribution in [-0.2, 0) is 14.3 Å². The number of hydrogen-bond donors (Lipinski definition) is 2. The van der Waals surface area contributed by atoms with E-state index in [2.05, 4.69) is 0 Å². The summed E-state index contributed by atoms with van der Waals surface area (Å²) in [5.74, 6) is -2.04. The van der Waals surface area contributed by atoms with E-state index in [1.807, 2.05) is 5.32 Å². The SMILES string of the molecule is COCCN(C)C(=O)NC(=O)C=CC(=O)O. The van der Waals surface area contributed by atoms with Crippen LogP contribution in [0.1, 0.15) is 0 Å². The van der Waals surface area contributed by atoms with E-state index in [1.54, 1.807) is 0 Å². The number of carbonyl (C=O) groups excluding carboxylic acids is 2. The van der Waals surface area contributed by atoms with E-state index in [0.717, 1.165) is 6.08 Å². The number of carboxylic acids is 1. The van der Waals surface area contributed by atoms with E-state index in [4.69, 9.17) is 9.84 Å². The van der Waals surface area contributed by atoms with Crippen molar-refractivity contribution in [2.24, 2.45) is 0 Å². The summed E-state index contributed by atoms with van der Waals surface area (Å²) in [4.78, 5) is 33.6. The molecule has 2 N–H and O–H groups in total. The zero-order valence-corrected chi connectivity index (χ0v) is 9.10. The molecule has 0 atom stereocenters. The van der Waals surface area contributed by atoms with Crippen LogP contribution in [0.15, 0.2) is 12.2 Å². The van der Waals surface area contributed by atoms with Crippen LogP contribution < -0.4 is 5.32 Å². The summed E-state index contributed by atoms with van der Waals surface area (Å²) in [6.07, 6.45) is 1.42. The van der Waals surface area contributed by atoms with E-state index < -0.39 is 17.9 Å². The Hall–Kier alpha value is -1.89. The predicted octanol–water partition coefficient (Wildman–Crippen LogP) is -0.558. The minimum Gasteiger partial charge on any atom is -0.478 e. The molecule has 0 bridgehead atoms. The van der Waals surface area contributed by atoms with Crippen molar-refractivity contribution in [2.45, 2.75) is 0 Å². The number of nitrogens with one attached hydrogen (secondary N) is 1. The first-order chi connectivity index (χ1) is 7.47. The molecule has 3 amide bonds. The molecule has 0 aliphatic carbocycles. The van der Waals surface area contributed by atoms with Gasteiger partial charge in [-0.15, -0.1) is 0 Å². The Morgan fingerprint density at radius 3 is 2.50 bits per heavy atom. The molecule has 0 heterocycles. The predicted molar refractivity (Wildman–Crippen MR) is 54.8 cm³/mol. The first kappa shape index (κ1) is 14.1. The Labute approximate surface area is 92.7 Å². The second-order valence-corrected chi connectivity index (χ2v) is 2.88. The van der Waals surface area contributed by atoms with Gasteiger partial charge in [0.05, 0.1) is 6.61 Å². The Bertz CT molecular complexity index is 300. The highest BCUT2D eigenvalue weighted by molar-refractivity contribution is 6.02. The summed E-state index contributed by atoms with van der Waals surface area (Å²) in [6, 6.07) is -0.614. The molecule has 90 valence electrons. The lowest BCUT2D eigenvalue weighted by molar-refractivity contribution is -0.131. The number of carbonyl (C=O) groups is 3. The molecule has 0 fully saturated rings. The van der Waals surface area contributed by atoms with Gasteiger partial charge < -0.3 is 14.7 Å². The molecule has 0 aromatic heterocycles. The van der Waals surface area contributed by atoms with Gasteiger partial charge in [-0.3, -0.25) is 10.1 Å². The van der Waals surface area contributed by atoms with Crippen molar-refractivity contribution in [1.29, 1.82) is 0 Å². The van der Waals surface area contributed by atoms with Crippen LogP contribution in [0.2, 0.25) is 0 Å². The fraction of sp³-hybridized carbons (Fsp3) is 0.444. The zero-order valence-electron chi connectivity index (χ0n) is 9.10. The van der Waals surface area contributed by atoms with Crippen molar-refractivity contribution in [3.05, 3.63) is 12.2 Å². The number of imide groups is 1. The van der Waals surface area contributed by atoms with Crippen LogP contribution in [0.4, 0.5) is 4.79 Å². The van der Waals surface area contributed by atoms with Crippen molar-refractivity contribution in [2.75, 3.05) is 27.3 Å². The fourth-order valence-electron chi connectivity index (χ4n) is 0.719. The molecule has 0 saturated carbocycles. The van der Waals surface area contributed by atoms with Crippen LogP contribution in [-0.4, -0.2) is 55.2 Å². The third-order valence-electron chi connectivity index (χ3n) is 1.58. The van der Waals surface area contributed by atoms with Crippen LogP contribution in [0.5, 0.6) is 0 Å². The minimum absolute atomic E-state index is 0.332. The maximum Gasteiger partial charge on any atom is 0.328 e. The molecule has 0 spiro atoms. The number of amides is 3. The topological polar surface area (TPSA) is 95.9 Å². The number of methoxy groups -OCH3 is 1. The summed E-state index contributed by atoms with van der Waals surface area (Å²) >= 11 is 0. The summed E-state index contributed by atoms with van der Waals surface area (Å²) < 4.78 is 4.75. The number of hydrogen-bond acceptors (Lipinski definition) is 4. The number of urea groups is 1. The highest BCUT2D eigenvalue weighted by Crippen LogP contribution is 1.85. The standard InChI is InChI=1S/C9H14N2O5/c1-11(5-6-16-2)9(15)10-7(12)3-4-8(13)14/h3-4H,5-6H2,1-2H3,(H,13,14)(H,10,12,15). The highest BCUT2D eigenvalue weighted by atomic mass is 16.5. The average molecular weight is 230 g/mol. The maximum atomic E-state index is 11.3. The highest BCUT2D eigenvalue weighted by Gasteiger charge is 2.10. The van der Waals surface area contributed by atoms with Crippen LogP contribution >= 0.6 is 0 Å². The molecule has 16 heavy (non-hydrogen) atoms. The molecule has 0 aromatic rings. The molecule has 7 heteroatoms. The van der Waals surface area contributed by atoms with E-state index >= 15 is 0 Å². The molecule has 0 aliphatic heterocycles. The molecular formula is C9H14N2O5. The van der Waals surface area contributed by atoms with Crippen molar-refractivity contribution in [3.8, 4) is 0 Å². The lowest BCUT2D eigenvalue weighted by Crippen LogP contribution is -2.41. The fourth-order valence-corrected chi connectivity index (χ4v) is 0.719. The second-order valence-electron chi connectivity index (χ2n) is 2.88. The van der Waals surface area contributed by atoms with Gasteiger partial charge in [-0.2, -0.15) is 0 Å². The van der Waals surface area contributed by atoms with Gasteiger partial charge in [0.2, 0.25) is 0 Å². The van der Waals surface area contributed by atoms with Crippen molar-refractivity contribution in [1.82, 2.24) is 10.2 Å². The Kier molecular flexibility index (Phi) is 6.53. The van der Waals surface area contributed by atoms with Gasteiger partial charge >= 0.3 is 12.0 Å². The van der Waals surface area contributed by atoms with Crippen molar-refractivity contribution < 1.29 is 24.2 Å².